The second kappa shape index (κ2) is 11.1. The molecule has 0 aliphatic carbocycles. The summed E-state index contributed by atoms with van der Waals surface area (Å²) in [5.74, 6) is -0.544. The topological polar surface area (TPSA) is 126 Å². The third-order valence-electron chi connectivity index (χ3n) is 5.29. The Bertz CT molecular complexity index is 1390. The van der Waals surface area contributed by atoms with Crippen molar-refractivity contribution in [1.82, 2.24) is 9.66 Å². The van der Waals surface area contributed by atoms with E-state index in [1.54, 1.807) is 18.2 Å². The van der Waals surface area contributed by atoms with Gasteiger partial charge in [-0.2, -0.15) is 9.78 Å². The van der Waals surface area contributed by atoms with Gasteiger partial charge in [-0.3, -0.25) is 14.9 Å². The standard InChI is InChI=1S/C23H22Br2N4O6/c1-5-12(2)21-27-18-7-6-15(24)9-17(18)22(30)28(21)26-11-14-8-16(25)10-19(29(32)33)20(14)35-13(3)23(31)34-4/h6-13H,5H2,1-4H3/t12-,13+/m0/s1. The van der Waals surface area contributed by atoms with Gasteiger partial charge in [0.15, 0.2) is 6.10 Å². The van der Waals surface area contributed by atoms with Gasteiger partial charge in [0.05, 0.1) is 29.2 Å². The van der Waals surface area contributed by atoms with Gasteiger partial charge in [0.2, 0.25) is 5.75 Å². The molecule has 3 rings (SSSR count). The molecule has 2 atom stereocenters. The zero-order valence-electron chi connectivity index (χ0n) is 19.3. The number of nitrogens with zero attached hydrogens (tertiary/aromatic N) is 4. The van der Waals surface area contributed by atoms with Crippen LogP contribution in [0.3, 0.4) is 0 Å². The van der Waals surface area contributed by atoms with Crippen LogP contribution in [-0.2, 0) is 9.53 Å². The average molecular weight is 610 g/mol. The molecule has 2 aromatic carbocycles. The highest BCUT2D eigenvalue weighted by molar-refractivity contribution is 9.10. The van der Waals surface area contributed by atoms with E-state index in [1.807, 2.05) is 13.8 Å². The van der Waals surface area contributed by atoms with Crippen LogP contribution >= 0.6 is 31.9 Å². The molecule has 184 valence electrons. The Balaban J connectivity index is 2.23. The minimum Gasteiger partial charge on any atom is -0.471 e. The molecule has 0 aliphatic rings. The summed E-state index contributed by atoms with van der Waals surface area (Å²) in [6.07, 6.45) is 0.859. The quantitative estimate of drug-likeness (QED) is 0.149. The zero-order chi connectivity index (χ0) is 25.9. The molecule has 0 amide bonds. The lowest BCUT2D eigenvalue weighted by molar-refractivity contribution is -0.386. The van der Waals surface area contributed by atoms with E-state index < -0.39 is 22.6 Å². The van der Waals surface area contributed by atoms with Crippen LogP contribution in [0.5, 0.6) is 5.75 Å². The Morgan fingerprint density at radius 2 is 1.97 bits per heavy atom. The van der Waals surface area contributed by atoms with E-state index in [4.69, 9.17) is 4.74 Å². The number of hydrogen-bond acceptors (Lipinski definition) is 8. The maximum Gasteiger partial charge on any atom is 0.346 e. The molecule has 3 aromatic rings. The average Bonchev–Trinajstić information content (AvgIpc) is 2.83. The van der Waals surface area contributed by atoms with Gasteiger partial charge >= 0.3 is 11.7 Å². The van der Waals surface area contributed by atoms with Gasteiger partial charge in [0.1, 0.15) is 5.82 Å². The fraction of sp³-hybridized carbons (Fsp3) is 0.304. The summed E-state index contributed by atoms with van der Waals surface area (Å²) >= 11 is 6.62. The predicted octanol–water partition coefficient (Wildman–Crippen LogP) is 5.17. The lowest BCUT2D eigenvalue weighted by Crippen LogP contribution is -2.26. The van der Waals surface area contributed by atoms with E-state index in [-0.39, 0.29) is 22.9 Å². The molecule has 0 spiro atoms. The van der Waals surface area contributed by atoms with Gasteiger partial charge in [-0.05, 0) is 37.6 Å². The normalized spacial score (nSPS) is 13.1. The number of carbonyl (C=O) groups is 1. The Labute approximate surface area is 217 Å². The highest BCUT2D eigenvalue weighted by Crippen LogP contribution is 2.35. The number of carbonyl (C=O) groups excluding carboxylic acids is 1. The van der Waals surface area contributed by atoms with Crippen molar-refractivity contribution >= 4 is 60.6 Å². The third-order valence-corrected chi connectivity index (χ3v) is 6.24. The van der Waals surface area contributed by atoms with Gasteiger partial charge in [-0.25, -0.2) is 9.78 Å². The van der Waals surface area contributed by atoms with Crippen LogP contribution in [0.2, 0.25) is 0 Å². The molecule has 0 aliphatic heterocycles. The third kappa shape index (κ3) is 5.76. The van der Waals surface area contributed by atoms with Crippen LogP contribution in [0.1, 0.15) is 44.5 Å². The molecule has 1 aromatic heterocycles. The van der Waals surface area contributed by atoms with Crippen LogP contribution in [0, 0.1) is 10.1 Å². The molecule has 12 heteroatoms. The van der Waals surface area contributed by atoms with E-state index in [0.717, 1.165) is 0 Å². The molecule has 0 saturated carbocycles. The maximum atomic E-state index is 13.4. The van der Waals surface area contributed by atoms with Crippen LogP contribution in [0.15, 0.2) is 49.2 Å². The first kappa shape index (κ1) is 26.5. The monoisotopic (exact) mass is 608 g/mol. The second-order valence-electron chi connectivity index (χ2n) is 7.69. The highest BCUT2D eigenvalue weighted by Gasteiger charge is 2.25. The summed E-state index contributed by atoms with van der Waals surface area (Å²) in [5, 5.41) is 16.4. The van der Waals surface area contributed by atoms with E-state index in [0.29, 0.717) is 32.1 Å². The number of hydrogen-bond donors (Lipinski definition) is 0. The van der Waals surface area contributed by atoms with Gasteiger partial charge in [-0.15, -0.1) is 0 Å². The summed E-state index contributed by atoms with van der Waals surface area (Å²) in [6.45, 7) is 5.30. The number of aromatic nitrogens is 2. The molecule has 1 heterocycles. The van der Waals surface area contributed by atoms with Crippen molar-refractivity contribution in [1.29, 1.82) is 0 Å². The number of nitro groups is 1. The van der Waals surface area contributed by atoms with E-state index in [2.05, 4.69) is 46.7 Å². The van der Waals surface area contributed by atoms with Crippen LogP contribution in [0.25, 0.3) is 10.9 Å². The Morgan fingerprint density at radius 3 is 2.60 bits per heavy atom. The van der Waals surface area contributed by atoms with Crippen LogP contribution in [-0.4, -0.2) is 40.0 Å². The number of methoxy groups -OCH3 is 1. The molecule has 10 nitrogen and oxygen atoms in total. The number of benzene rings is 2. The van der Waals surface area contributed by atoms with Gasteiger partial charge in [0, 0.05) is 26.5 Å². The molecule has 0 bridgehead atoms. The summed E-state index contributed by atoms with van der Waals surface area (Å²) in [7, 11) is 1.19. The molecule has 35 heavy (non-hydrogen) atoms. The second-order valence-corrected chi connectivity index (χ2v) is 9.52. The van der Waals surface area contributed by atoms with Crippen molar-refractivity contribution in [2.24, 2.45) is 5.10 Å². The fourth-order valence-electron chi connectivity index (χ4n) is 3.25. The van der Waals surface area contributed by atoms with Crippen molar-refractivity contribution < 1.29 is 19.2 Å². The first-order valence-electron chi connectivity index (χ1n) is 10.6. The number of esters is 1. The Morgan fingerprint density at radius 1 is 1.26 bits per heavy atom. The lowest BCUT2D eigenvalue weighted by Gasteiger charge is -2.16. The first-order valence-corrected chi connectivity index (χ1v) is 12.1. The molecule has 0 N–H and O–H groups in total. The molecule has 0 unspecified atom stereocenters. The minimum absolute atomic E-state index is 0.0974. The lowest BCUT2D eigenvalue weighted by atomic mass is 10.1. The smallest absolute Gasteiger partial charge is 0.346 e. The number of ether oxygens (including phenoxy) is 2. The maximum absolute atomic E-state index is 13.4. The molecule has 0 fully saturated rings. The van der Waals surface area contributed by atoms with Crippen LogP contribution < -0.4 is 10.3 Å². The van der Waals surface area contributed by atoms with Crippen molar-refractivity contribution in [3.05, 3.63) is 71.1 Å². The predicted molar refractivity (Wildman–Crippen MR) is 138 cm³/mol. The summed E-state index contributed by atoms with van der Waals surface area (Å²) < 4.78 is 12.6. The molecular formula is C23H22Br2N4O6. The summed E-state index contributed by atoms with van der Waals surface area (Å²) in [5.41, 5.74) is -0.0588. The highest BCUT2D eigenvalue weighted by atomic mass is 79.9. The van der Waals surface area contributed by atoms with Crippen molar-refractivity contribution in [3.63, 3.8) is 0 Å². The largest absolute Gasteiger partial charge is 0.471 e. The van der Waals surface area contributed by atoms with Gasteiger partial charge in [0.25, 0.3) is 5.56 Å². The van der Waals surface area contributed by atoms with E-state index in [9.17, 15) is 19.7 Å². The SMILES string of the molecule is CC[C@H](C)c1nc2ccc(Br)cc2c(=O)n1N=Cc1cc(Br)cc([N+](=O)[O-])c1O[C@H](C)C(=O)OC. The first-order chi connectivity index (χ1) is 16.6. The van der Waals surface area contributed by atoms with E-state index in [1.165, 1.54) is 37.1 Å². The number of fused-ring (bicyclic) bond motifs is 1. The number of nitro benzene ring substituents is 1. The minimum atomic E-state index is -1.12. The fourth-order valence-corrected chi connectivity index (χ4v) is 4.07. The molecular weight excluding hydrogens is 588 g/mol. The molecule has 0 saturated heterocycles. The van der Waals surface area contributed by atoms with Crippen molar-refractivity contribution in [2.75, 3.05) is 7.11 Å². The summed E-state index contributed by atoms with van der Waals surface area (Å²) in [6, 6.07) is 8.00. The Hall–Kier alpha value is -3.12. The summed E-state index contributed by atoms with van der Waals surface area (Å²) in [4.78, 5) is 41.0. The Kier molecular flexibility index (Phi) is 8.39. The van der Waals surface area contributed by atoms with Crippen LogP contribution in [0.4, 0.5) is 5.69 Å². The zero-order valence-corrected chi connectivity index (χ0v) is 22.5. The van der Waals surface area contributed by atoms with Gasteiger partial charge < -0.3 is 9.47 Å². The molecule has 0 radical (unpaired) electrons. The van der Waals surface area contributed by atoms with Crippen molar-refractivity contribution in [2.45, 2.75) is 39.2 Å². The van der Waals surface area contributed by atoms with Crippen molar-refractivity contribution in [3.8, 4) is 5.75 Å². The van der Waals surface area contributed by atoms with Gasteiger partial charge in [-0.1, -0.05) is 45.7 Å². The van der Waals surface area contributed by atoms with E-state index >= 15 is 0 Å². The number of halogens is 2. The number of rotatable bonds is 8.